The predicted octanol–water partition coefficient (Wildman–Crippen LogP) is 4.50. The summed E-state index contributed by atoms with van der Waals surface area (Å²) in [6, 6.07) is 9.88. The van der Waals surface area contributed by atoms with Crippen LogP contribution in [0.25, 0.3) is 5.69 Å². The molecule has 0 bridgehead atoms. The number of nitrogens with zero attached hydrogens (tertiary/aromatic N) is 3. The summed E-state index contributed by atoms with van der Waals surface area (Å²) in [6.07, 6.45) is -3.41. The van der Waals surface area contributed by atoms with Crippen molar-refractivity contribution in [2.45, 2.75) is 13.1 Å². The number of rotatable bonds is 3. The summed E-state index contributed by atoms with van der Waals surface area (Å²) in [5.74, 6) is -0.605. The van der Waals surface area contributed by atoms with Crippen LogP contribution in [0.1, 0.15) is 21.6 Å². The fourth-order valence-electron chi connectivity index (χ4n) is 2.31. The first-order valence-corrected chi connectivity index (χ1v) is 7.80. The molecule has 1 aromatic heterocycles. The summed E-state index contributed by atoms with van der Waals surface area (Å²) in [6.45, 7) is 1.78. The van der Waals surface area contributed by atoms with Crippen LogP contribution in [0.2, 0.25) is 5.02 Å². The Hall–Kier alpha value is -2.87. The van der Waals surface area contributed by atoms with Gasteiger partial charge in [-0.05, 0) is 36.8 Å². The summed E-state index contributed by atoms with van der Waals surface area (Å²) >= 11 is 5.90. The molecule has 0 saturated carbocycles. The van der Waals surface area contributed by atoms with Crippen LogP contribution in [0.5, 0.6) is 0 Å². The van der Waals surface area contributed by atoms with E-state index in [1.54, 1.807) is 25.1 Å². The zero-order valence-electron chi connectivity index (χ0n) is 13.4. The SMILES string of the molecule is Cc1ccc(Cl)cc1NC(=O)c1cn(-c2ccccc2C(F)(F)F)nn1. The van der Waals surface area contributed by atoms with Crippen LogP contribution in [0.4, 0.5) is 18.9 Å². The number of alkyl halides is 3. The molecule has 0 aliphatic carbocycles. The zero-order valence-corrected chi connectivity index (χ0v) is 14.1. The van der Waals surface area contributed by atoms with Gasteiger partial charge in [-0.25, -0.2) is 4.68 Å². The molecule has 26 heavy (non-hydrogen) atoms. The summed E-state index contributed by atoms with van der Waals surface area (Å²) < 4.78 is 40.3. The van der Waals surface area contributed by atoms with Crippen molar-refractivity contribution in [1.82, 2.24) is 15.0 Å². The van der Waals surface area contributed by atoms with E-state index in [1.807, 2.05) is 0 Å². The lowest BCUT2D eigenvalue weighted by Crippen LogP contribution is -2.13. The molecule has 0 spiro atoms. The second kappa shape index (κ2) is 6.80. The number of para-hydroxylation sites is 1. The minimum absolute atomic E-state index is 0.124. The van der Waals surface area contributed by atoms with Crippen molar-refractivity contribution < 1.29 is 18.0 Å². The van der Waals surface area contributed by atoms with Gasteiger partial charge in [0.25, 0.3) is 5.91 Å². The molecule has 0 radical (unpaired) electrons. The van der Waals surface area contributed by atoms with Crippen LogP contribution >= 0.6 is 11.6 Å². The third kappa shape index (κ3) is 3.70. The standard InChI is InChI=1S/C17H12ClF3N4O/c1-10-6-7-11(18)8-13(10)22-16(26)14-9-25(24-23-14)15-5-3-2-4-12(15)17(19,20)21/h2-9H,1H3,(H,22,26). The Morgan fingerprint density at radius 1 is 1.19 bits per heavy atom. The number of carbonyl (C=O) groups is 1. The molecule has 2 aromatic carbocycles. The number of carbonyl (C=O) groups excluding carboxylic acids is 1. The molecule has 3 aromatic rings. The van der Waals surface area contributed by atoms with Gasteiger partial charge in [0.2, 0.25) is 0 Å². The topological polar surface area (TPSA) is 59.8 Å². The fourth-order valence-corrected chi connectivity index (χ4v) is 2.49. The molecule has 1 N–H and O–H groups in total. The van der Waals surface area contributed by atoms with E-state index < -0.39 is 17.6 Å². The average molecular weight is 381 g/mol. The van der Waals surface area contributed by atoms with Gasteiger partial charge >= 0.3 is 6.18 Å². The van der Waals surface area contributed by atoms with Crippen molar-refractivity contribution in [3.05, 3.63) is 70.5 Å². The fraction of sp³-hybridized carbons (Fsp3) is 0.118. The maximum Gasteiger partial charge on any atom is 0.418 e. The van der Waals surface area contributed by atoms with Crippen LogP contribution in [0.3, 0.4) is 0 Å². The van der Waals surface area contributed by atoms with Gasteiger partial charge in [-0.1, -0.05) is 35.0 Å². The van der Waals surface area contributed by atoms with Crippen LogP contribution in [-0.4, -0.2) is 20.9 Å². The predicted molar refractivity (Wildman–Crippen MR) is 90.5 cm³/mol. The molecule has 1 amide bonds. The zero-order chi connectivity index (χ0) is 18.9. The van der Waals surface area contributed by atoms with E-state index in [1.165, 1.54) is 18.2 Å². The number of hydrogen-bond acceptors (Lipinski definition) is 3. The molecular formula is C17H12ClF3N4O. The maximum atomic E-state index is 13.1. The van der Waals surface area contributed by atoms with E-state index in [-0.39, 0.29) is 11.4 Å². The largest absolute Gasteiger partial charge is 0.418 e. The smallest absolute Gasteiger partial charge is 0.320 e. The third-order valence-corrected chi connectivity index (χ3v) is 3.87. The Kier molecular flexibility index (Phi) is 4.69. The molecule has 3 rings (SSSR count). The van der Waals surface area contributed by atoms with E-state index in [0.29, 0.717) is 10.7 Å². The Balaban J connectivity index is 1.89. The minimum atomic E-state index is -4.55. The van der Waals surface area contributed by atoms with Crippen molar-refractivity contribution in [3.8, 4) is 5.69 Å². The molecule has 134 valence electrons. The Morgan fingerprint density at radius 2 is 1.92 bits per heavy atom. The Morgan fingerprint density at radius 3 is 2.65 bits per heavy atom. The first-order chi connectivity index (χ1) is 12.3. The molecule has 0 fully saturated rings. The molecule has 0 aliphatic heterocycles. The lowest BCUT2D eigenvalue weighted by atomic mass is 10.1. The molecular weight excluding hydrogens is 369 g/mol. The van der Waals surface area contributed by atoms with Crippen LogP contribution in [-0.2, 0) is 6.18 Å². The highest BCUT2D eigenvalue weighted by Gasteiger charge is 2.34. The highest BCUT2D eigenvalue weighted by atomic mass is 35.5. The van der Waals surface area contributed by atoms with Crippen LogP contribution < -0.4 is 5.32 Å². The highest BCUT2D eigenvalue weighted by Crippen LogP contribution is 2.33. The third-order valence-electron chi connectivity index (χ3n) is 3.63. The number of nitrogens with one attached hydrogen (secondary N) is 1. The second-order valence-corrected chi connectivity index (χ2v) is 5.91. The molecule has 5 nitrogen and oxygen atoms in total. The van der Waals surface area contributed by atoms with Crippen molar-refractivity contribution in [1.29, 1.82) is 0 Å². The summed E-state index contributed by atoms with van der Waals surface area (Å²) in [5, 5.41) is 10.4. The van der Waals surface area contributed by atoms with Crippen LogP contribution in [0.15, 0.2) is 48.7 Å². The van der Waals surface area contributed by atoms with Gasteiger partial charge in [-0.2, -0.15) is 13.2 Å². The van der Waals surface area contributed by atoms with E-state index in [0.717, 1.165) is 22.5 Å². The molecule has 0 atom stereocenters. The number of amides is 1. The molecule has 9 heteroatoms. The van der Waals surface area contributed by atoms with Crippen molar-refractivity contribution in [3.63, 3.8) is 0 Å². The van der Waals surface area contributed by atoms with E-state index in [4.69, 9.17) is 11.6 Å². The average Bonchev–Trinajstić information content (AvgIpc) is 3.07. The van der Waals surface area contributed by atoms with Gasteiger partial charge in [0, 0.05) is 10.7 Å². The number of anilines is 1. The van der Waals surface area contributed by atoms with E-state index in [9.17, 15) is 18.0 Å². The summed E-state index contributed by atoms with van der Waals surface area (Å²) in [5.41, 5.74) is 0.0414. The Labute approximate surface area is 151 Å². The first-order valence-electron chi connectivity index (χ1n) is 7.42. The quantitative estimate of drug-likeness (QED) is 0.727. The maximum absolute atomic E-state index is 13.1. The van der Waals surface area contributed by atoms with Gasteiger partial charge in [0.1, 0.15) is 0 Å². The van der Waals surface area contributed by atoms with Crippen molar-refractivity contribution >= 4 is 23.2 Å². The van der Waals surface area contributed by atoms with Gasteiger partial charge in [-0.15, -0.1) is 5.10 Å². The summed E-state index contributed by atoms with van der Waals surface area (Å²) in [4.78, 5) is 12.3. The number of aromatic nitrogens is 3. The normalized spacial score (nSPS) is 11.4. The first kappa shape index (κ1) is 17.9. The minimum Gasteiger partial charge on any atom is -0.320 e. The number of halogens is 4. The Bertz CT molecular complexity index is 969. The molecule has 0 aliphatic rings. The highest BCUT2D eigenvalue weighted by molar-refractivity contribution is 6.31. The number of hydrogen-bond donors (Lipinski definition) is 1. The molecule has 0 saturated heterocycles. The molecule has 0 unspecified atom stereocenters. The van der Waals surface area contributed by atoms with Gasteiger partial charge in [-0.3, -0.25) is 4.79 Å². The second-order valence-electron chi connectivity index (χ2n) is 5.48. The monoisotopic (exact) mass is 380 g/mol. The lowest BCUT2D eigenvalue weighted by molar-refractivity contribution is -0.137. The van der Waals surface area contributed by atoms with Gasteiger partial charge < -0.3 is 5.32 Å². The number of benzene rings is 2. The van der Waals surface area contributed by atoms with Crippen molar-refractivity contribution in [2.75, 3.05) is 5.32 Å². The lowest BCUT2D eigenvalue weighted by Gasteiger charge is -2.11. The number of aryl methyl sites for hydroxylation is 1. The van der Waals surface area contributed by atoms with Crippen LogP contribution in [0, 0.1) is 6.92 Å². The molecule has 1 heterocycles. The summed E-state index contributed by atoms with van der Waals surface area (Å²) in [7, 11) is 0. The van der Waals surface area contributed by atoms with Gasteiger partial charge in [0.15, 0.2) is 5.69 Å². The van der Waals surface area contributed by atoms with E-state index >= 15 is 0 Å². The van der Waals surface area contributed by atoms with Crippen molar-refractivity contribution in [2.24, 2.45) is 0 Å². The van der Waals surface area contributed by atoms with E-state index in [2.05, 4.69) is 15.6 Å². The van der Waals surface area contributed by atoms with Gasteiger partial charge in [0.05, 0.1) is 17.4 Å².